The van der Waals surface area contributed by atoms with E-state index in [-0.39, 0.29) is 12.6 Å². The van der Waals surface area contributed by atoms with Crippen molar-refractivity contribution in [3.63, 3.8) is 0 Å². The third-order valence-corrected chi connectivity index (χ3v) is 0.965. The molecule has 2 heterocycles. The molecule has 2 rings (SSSR count). The van der Waals surface area contributed by atoms with Gasteiger partial charge in [-0.15, -0.1) is 0 Å². The Kier molecular flexibility index (Phi) is 1.36. The molecule has 2 aliphatic heterocycles. The van der Waals surface area contributed by atoms with Gasteiger partial charge in [-0.3, -0.25) is 0 Å². The average molecular weight is 133 g/mol. The van der Waals surface area contributed by atoms with Gasteiger partial charge in [0, 0.05) is 0 Å². The molecule has 2 fully saturated rings. The molecule has 0 spiro atoms. The SMILES string of the molecule is C1OC1ONOC1CO1. The first-order valence-electron chi connectivity index (χ1n) is 2.74. The molecule has 1 N–H and O–H groups in total. The Hall–Kier alpha value is -0.200. The summed E-state index contributed by atoms with van der Waals surface area (Å²) in [6.07, 6.45) is -0.243. The zero-order valence-corrected chi connectivity index (χ0v) is 4.70. The van der Waals surface area contributed by atoms with E-state index in [2.05, 4.69) is 5.64 Å². The Bertz CT molecular complexity index is 88.7. The Balaban J connectivity index is 1.46. The molecular weight excluding hydrogens is 126 g/mol. The Morgan fingerprint density at radius 2 is 1.56 bits per heavy atom. The van der Waals surface area contributed by atoms with Gasteiger partial charge in [0.05, 0.1) is 0 Å². The summed E-state index contributed by atoms with van der Waals surface area (Å²) in [7, 11) is 0. The predicted octanol–water partition coefficient (Wildman–Crippen LogP) is -0.848. The van der Waals surface area contributed by atoms with Crippen molar-refractivity contribution in [2.75, 3.05) is 13.2 Å². The summed E-state index contributed by atoms with van der Waals surface area (Å²) in [4.78, 5) is 9.46. The van der Waals surface area contributed by atoms with E-state index in [0.29, 0.717) is 13.2 Å². The second-order valence-electron chi connectivity index (χ2n) is 1.84. The van der Waals surface area contributed by atoms with Crippen molar-refractivity contribution in [2.45, 2.75) is 12.6 Å². The summed E-state index contributed by atoms with van der Waals surface area (Å²) in [5, 5.41) is 0. The van der Waals surface area contributed by atoms with Crippen LogP contribution in [-0.4, -0.2) is 25.8 Å². The zero-order chi connectivity index (χ0) is 6.10. The second-order valence-corrected chi connectivity index (χ2v) is 1.84. The van der Waals surface area contributed by atoms with Crippen molar-refractivity contribution in [2.24, 2.45) is 0 Å². The van der Waals surface area contributed by atoms with Gasteiger partial charge in [-0.25, -0.2) is 9.68 Å². The Labute approximate surface area is 51.7 Å². The minimum absolute atomic E-state index is 0.122. The van der Waals surface area contributed by atoms with Crippen LogP contribution < -0.4 is 5.64 Å². The van der Waals surface area contributed by atoms with Crippen LogP contribution in [0.3, 0.4) is 0 Å². The number of nitrogens with one attached hydrogen (secondary N) is 1. The summed E-state index contributed by atoms with van der Waals surface area (Å²) in [5.41, 5.74) is 2.26. The maximum atomic E-state index is 4.73. The van der Waals surface area contributed by atoms with E-state index in [0.717, 1.165) is 0 Å². The number of hydrogen-bond acceptors (Lipinski definition) is 5. The van der Waals surface area contributed by atoms with E-state index in [1.807, 2.05) is 0 Å². The van der Waals surface area contributed by atoms with E-state index in [9.17, 15) is 0 Å². The van der Waals surface area contributed by atoms with Crippen molar-refractivity contribution in [3.05, 3.63) is 0 Å². The molecular formula is C4H7NO4. The van der Waals surface area contributed by atoms with Crippen molar-refractivity contribution in [1.29, 1.82) is 0 Å². The monoisotopic (exact) mass is 133 g/mol. The Morgan fingerprint density at radius 1 is 1.11 bits per heavy atom. The van der Waals surface area contributed by atoms with Crippen LogP contribution in [0, 0.1) is 0 Å². The molecule has 0 aromatic heterocycles. The molecule has 2 atom stereocenters. The van der Waals surface area contributed by atoms with Gasteiger partial charge < -0.3 is 9.47 Å². The van der Waals surface area contributed by atoms with Crippen molar-refractivity contribution >= 4 is 0 Å². The highest BCUT2D eigenvalue weighted by molar-refractivity contribution is 4.53. The lowest BCUT2D eigenvalue weighted by Crippen LogP contribution is -2.18. The maximum absolute atomic E-state index is 4.73. The number of rotatable bonds is 4. The third kappa shape index (κ3) is 1.88. The lowest BCUT2D eigenvalue weighted by molar-refractivity contribution is -0.215. The lowest BCUT2D eigenvalue weighted by atomic mass is 10.9. The second kappa shape index (κ2) is 2.20. The van der Waals surface area contributed by atoms with Crippen LogP contribution in [0.1, 0.15) is 0 Å². The van der Waals surface area contributed by atoms with Gasteiger partial charge in [0.15, 0.2) is 0 Å². The van der Waals surface area contributed by atoms with Crippen LogP contribution in [-0.2, 0) is 19.1 Å². The van der Waals surface area contributed by atoms with Crippen LogP contribution in [0.2, 0.25) is 0 Å². The normalized spacial score (nSPS) is 38.7. The predicted molar refractivity (Wildman–Crippen MR) is 24.8 cm³/mol. The highest BCUT2D eigenvalue weighted by Gasteiger charge is 2.27. The molecule has 0 aromatic carbocycles. The first kappa shape index (κ1) is 5.57. The third-order valence-electron chi connectivity index (χ3n) is 0.965. The van der Waals surface area contributed by atoms with Gasteiger partial charge in [-0.1, -0.05) is 5.64 Å². The number of epoxide rings is 2. The molecule has 2 unspecified atom stereocenters. The fraction of sp³-hybridized carbons (Fsp3) is 1.00. The van der Waals surface area contributed by atoms with Gasteiger partial charge in [0.25, 0.3) is 0 Å². The fourth-order valence-corrected chi connectivity index (χ4v) is 0.350. The molecule has 5 heteroatoms. The van der Waals surface area contributed by atoms with Crippen LogP contribution in [0.25, 0.3) is 0 Å². The molecule has 2 saturated heterocycles. The molecule has 52 valence electrons. The molecule has 0 radical (unpaired) electrons. The van der Waals surface area contributed by atoms with Crippen molar-refractivity contribution < 1.29 is 19.1 Å². The van der Waals surface area contributed by atoms with E-state index >= 15 is 0 Å². The summed E-state index contributed by atoms with van der Waals surface area (Å²) in [6, 6.07) is 0. The summed E-state index contributed by atoms with van der Waals surface area (Å²) in [5.74, 6) is 0. The molecule has 0 aromatic rings. The minimum Gasteiger partial charge on any atom is -0.343 e. The van der Waals surface area contributed by atoms with Gasteiger partial charge in [-0.2, -0.15) is 0 Å². The highest BCUT2D eigenvalue weighted by Crippen LogP contribution is 2.11. The topological polar surface area (TPSA) is 55.5 Å². The average Bonchev–Trinajstić information content (AvgIpc) is 2.57. The fourth-order valence-electron chi connectivity index (χ4n) is 0.350. The first-order chi connectivity index (χ1) is 4.45. The van der Waals surface area contributed by atoms with Crippen LogP contribution in [0.4, 0.5) is 0 Å². The van der Waals surface area contributed by atoms with Gasteiger partial charge >= 0.3 is 0 Å². The minimum atomic E-state index is -0.122. The summed E-state index contributed by atoms with van der Waals surface area (Å²) < 4.78 is 9.41. The molecule has 9 heavy (non-hydrogen) atoms. The van der Waals surface area contributed by atoms with Crippen LogP contribution in [0.5, 0.6) is 0 Å². The van der Waals surface area contributed by atoms with Gasteiger partial charge in [0.2, 0.25) is 12.6 Å². The van der Waals surface area contributed by atoms with E-state index in [1.165, 1.54) is 0 Å². The lowest BCUT2D eigenvalue weighted by Gasteiger charge is -1.98. The molecule has 5 nitrogen and oxygen atoms in total. The zero-order valence-electron chi connectivity index (χ0n) is 4.70. The van der Waals surface area contributed by atoms with E-state index in [1.54, 1.807) is 0 Å². The first-order valence-corrected chi connectivity index (χ1v) is 2.74. The summed E-state index contributed by atoms with van der Waals surface area (Å²) in [6.45, 7) is 1.28. The molecule has 0 amide bonds. The van der Waals surface area contributed by atoms with E-state index in [4.69, 9.17) is 19.1 Å². The van der Waals surface area contributed by atoms with Crippen molar-refractivity contribution in [1.82, 2.24) is 5.64 Å². The molecule has 0 bridgehead atoms. The van der Waals surface area contributed by atoms with Crippen LogP contribution in [0.15, 0.2) is 0 Å². The maximum Gasteiger partial charge on any atom is 0.203 e. The van der Waals surface area contributed by atoms with E-state index < -0.39 is 0 Å². The standard InChI is InChI=1S/C4H7NO4/c1-3(6-1)8-5-9-4-2-7-4/h3-5H,1-2H2. The molecule has 2 aliphatic rings. The van der Waals surface area contributed by atoms with Crippen molar-refractivity contribution in [3.8, 4) is 0 Å². The Morgan fingerprint density at radius 3 is 1.89 bits per heavy atom. The quantitative estimate of drug-likeness (QED) is 0.400. The largest absolute Gasteiger partial charge is 0.343 e. The number of hydrogen-bond donors (Lipinski definition) is 1. The molecule has 0 aliphatic carbocycles. The smallest absolute Gasteiger partial charge is 0.203 e. The summed E-state index contributed by atoms with van der Waals surface area (Å²) >= 11 is 0. The van der Waals surface area contributed by atoms with Gasteiger partial charge in [0.1, 0.15) is 13.2 Å². The highest BCUT2D eigenvalue weighted by atomic mass is 17.0. The van der Waals surface area contributed by atoms with Crippen LogP contribution >= 0.6 is 0 Å². The number of ether oxygens (including phenoxy) is 2. The van der Waals surface area contributed by atoms with Gasteiger partial charge in [-0.05, 0) is 0 Å². The molecule has 0 saturated carbocycles.